The summed E-state index contributed by atoms with van der Waals surface area (Å²) >= 11 is 5.96. The molecule has 5 nitrogen and oxygen atoms in total. The average Bonchev–Trinajstić information content (AvgIpc) is 2.78. The number of rotatable bonds is 7. The molecule has 2 aromatic carbocycles. The van der Waals surface area contributed by atoms with Crippen molar-refractivity contribution < 1.29 is 14.3 Å². The maximum absolute atomic E-state index is 13.0. The summed E-state index contributed by atoms with van der Waals surface area (Å²) in [5.41, 5.74) is 1.99. The van der Waals surface area contributed by atoms with E-state index in [9.17, 15) is 9.59 Å². The number of ether oxygens (including phenoxy) is 1. The minimum absolute atomic E-state index is 0.144. The summed E-state index contributed by atoms with van der Waals surface area (Å²) in [7, 11) is 3.14. The number of piperidine rings is 1. The summed E-state index contributed by atoms with van der Waals surface area (Å²) in [6.45, 7) is 3.74. The highest BCUT2D eigenvalue weighted by Gasteiger charge is 2.25. The monoisotopic (exact) mass is 428 g/mol. The first kappa shape index (κ1) is 22.3. The number of hydrogen-bond acceptors (Lipinski definition) is 4. The van der Waals surface area contributed by atoms with Gasteiger partial charge in [-0.2, -0.15) is 0 Å². The van der Waals surface area contributed by atoms with Crippen LogP contribution in [0.2, 0.25) is 5.02 Å². The maximum Gasteiger partial charge on any atom is 0.338 e. The SMILES string of the molecule is COC(=O)c1ccccc1C(=O)N(C)C[C@@H]1CCCN(CCc2ccc(Cl)cc2)C1. The van der Waals surface area contributed by atoms with Gasteiger partial charge in [-0.3, -0.25) is 4.79 Å². The molecule has 1 amide bonds. The van der Waals surface area contributed by atoms with E-state index in [0.29, 0.717) is 23.6 Å². The molecule has 1 aliphatic rings. The van der Waals surface area contributed by atoms with E-state index in [1.165, 1.54) is 12.7 Å². The third-order valence-electron chi connectivity index (χ3n) is 5.67. The summed E-state index contributed by atoms with van der Waals surface area (Å²) in [5, 5.41) is 0.762. The molecule has 1 fully saturated rings. The van der Waals surface area contributed by atoms with Crippen LogP contribution in [0.1, 0.15) is 39.1 Å². The fourth-order valence-corrected chi connectivity index (χ4v) is 4.20. The quantitative estimate of drug-likeness (QED) is 0.621. The van der Waals surface area contributed by atoms with E-state index >= 15 is 0 Å². The van der Waals surface area contributed by atoms with Crippen molar-refractivity contribution in [3.05, 3.63) is 70.2 Å². The van der Waals surface area contributed by atoms with Crippen LogP contribution in [-0.4, -0.2) is 62.0 Å². The summed E-state index contributed by atoms with van der Waals surface area (Å²) in [6.07, 6.45) is 3.23. The molecule has 1 aliphatic heterocycles. The zero-order chi connectivity index (χ0) is 21.5. The molecule has 6 heteroatoms. The molecule has 160 valence electrons. The van der Waals surface area contributed by atoms with Crippen molar-refractivity contribution in [1.29, 1.82) is 0 Å². The third kappa shape index (κ3) is 5.83. The number of likely N-dealkylation sites (tertiary alicyclic amines) is 1. The van der Waals surface area contributed by atoms with Crippen LogP contribution in [0.25, 0.3) is 0 Å². The number of hydrogen-bond donors (Lipinski definition) is 0. The molecule has 1 heterocycles. The molecule has 0 spiro atoms. The second-order valence-corrected chi connectivity index (χ2v) is 8.34. The highest BCUT2D eigenvalue weighted by molar-refractivity contribution is 6.30. The molecular formula is C24H29ClN2O3. The molecular weight excluding hydrogens is 400 g/mol. The minimum atomic E-state index is -0.488. The van der Waals surface area contributed by atoms with Crippen LogP contribution in [0.5, 0.6) is 0 Å². The number of benzene rings is 2. The lowest BCUT2D eigenvalue weighted by Gasteiger charge is -2.35. The molecule has 0 saturated carbocycles. The summed E-state index contributed by atoms with van der Waals surface area (Å²) < 4.78 is 4.82. The molecule has 3 rings (SSSR count). The van der Waals surface area contributed by atoms with Crippen LogP contribution in [0.15, 0.2) is 48.5 Å². The molecule has 0 N–H and O–H groups in total. The Hall–Kier alpha value is -2.37. The van der Waals surface area contributed by atoms with Gasteiger partial charge in [0.2, 0.25) is 0 Å². The third-order valence-corrected chi connectivity index (χ3v) is 5.93. The molecule has 0 radical (unpaired) electrons. The van der Waals surface area contributed by atoms with Gasteiger partial charge in [-0.05, 0) is 61.6 Å². The predicted molar refractivity (Wildman–Crippen MR) is 119 cm³/mol. The Morgan fingerprint density at radius 1 is 1.13 bits per heavy atom. The van der Waals surface area contributed by atoms with Crippen LogP contribution in [0, 0.1) is 5.92 Å². The summed E-state index contributed by atoms with van der Waals surface area (Å²) in [5.74, 6) is -0.212. The van der Waals surface area contributed by atoms with Gasteiger partial charge in [0.1, 0.15) is 0 Å². The van der Waals surface area contributed by atoms with E-state index in [0.717, 1.165) is 43.9 Å². The Morgan fingerprint density at radius 2 is 1.83 bits per heavy atom. The van der Waals surface area contributed by atoms with Gasteiger partial charge in [0.15, 0.2) is 0 Å². The van der Waals surface area contributed by atoms with Gasteiger partial charge in [-0.25, -0.2) is 4.79 Å². The number of esters is 1. The van der Waals surface area contributed by atoms with Gasteiger partial charge in [0, 0.05) is 31.7 Å². The van der Waals surface area contributed by atoms with Gasteiger partial charge < -0.3 is 14.5 Å². The second kappa shape index (κ2) is 10.6. The first-order valence-electron chi connectivity index (χ1n) is 10.4. The molecule has 0 aliphatic carbocycles. The predicted octanol–water partition coefficient (Wildman–Crippen LogP) is 4.15. The largest absolute Gasteiger partial charge is 0.465 e. The van der Waals surface area contributed by atoms with Crippen molar-refractivity contribution in [3.63, 3.8) is 0 Å². The van der Waals surface area contributed by atoms with Crippen molar-refractivity contribution in [1.82, 2.24) is 9.80 Å². The van der Waals surface area contributed by atoms with Crippen molar-refractivity contribution in [2.75, 3.05) is 40.3 Å². The number of nitrogens with zero attached hydrogens (tertiary/aromatic N) is 2. The fraction of sp³-hybridized carbons (Fsp3) is 0.417. The molecule has 0 aromatic heterocycles. The van der Waals surface area contributed by atoms with Gasteiger partial charge in [0.05, 0.1) is 18.2 Å². The first-order chi connectivity index (χ1) is 14.5. The lowest BCUT2D eigenvalue weighted by molar-refractivity contribution is 0.0589. The van der Waals surface area contributed by atoms with Crippen molar-refractivity contribution >= 4 is 23.5 Å². The van der Waals surface area contributed by atoms with E-state index < -0.39 is 5.97 Å². The minimum Gasteiger partial charge on any atom is -0.465 e. The maximum atomic E-state index is 13.0. The highest BCUT2D eigenvalue weighted by Crippen LogP contribution is 2.20. The van der Waals surface area contributed by atoms with Crippen molar-refractivity contribution in [3.8, 4) is 0 Å². The van der Waals surface area contributed by atoms with Gasteiger partial charge in [-0.1, -0.05) is 35.9 Å². The van der Waals surface area contributed by atoms with Crippen LogP contribution in [0.4, 0.5) is 0 Å². The number of halogens is 1. The average molecular weight is 429 g/mol. The van der Waals surface area contributed by atoms with Gasteiger partial charge in [-0.15, -0.1) is 0 Å². The Morgan fingerprint density at radius 3 is 2.53 bits per heavy atom. The van der Waals surface area contributed by atoms with Crippen molar-refractivity contribution in [2.45, 2.75) is 19.3 Å². The number of methoxy groups -OCH3 is 1. The molecule has 1 atom stereocenters. The van der Waals surface area contributed by atoms with E-state index in [-0.39, 0.29) is 5.91 Å². The smallest absolute Gasteiger partial charge is 0.338 e. The van der Waals surface area contributed by atoms with Crippen LogP contribution >= 0.6 is 11.6 Å². The zero-order valence-electron chi connectivity index (χ0n) is 17.6. The molecule has 30 heavy (non-hydrogen) atoms. The number of carbonyl (C=O) groups excluding carboxylic acids is 2. The normalized spacial score (nSPS) is 16.8. The molecule has 0 bridgehead atoms. The lowest BCUT2D eigenvalue weighted by Crippen LogP contribution is -2.42. The molecule has 2 aromatic rings. The van der Waals surface area contributed by atoms with E-state index in [2.05, 4.69) is 17.0 Å². The Balaban J connectivity index is 1.56. The summed E-state index contributed by atoms with van der Waals surface area (Å²) in [6, 6.07) is 14.8. The second-order valence-electron chi connectivity index (χ2n) is 7.91. The topological polar surface area (TPSA) is 49.9 Å². The van der Waals surface area contributed by atoms with Gasteiger partial charge in [0.25, 0.3) is 5.91 Å². The first-order valence-corrected chi connectivity index (χ1v) is 10.8. The standard InChI is InChI=1S/C24H29ClN2O3/c1-26(23(28)21-7-3-4-8-22(21)24(29)30-2)16-19-6-5-14-27(17-19)15-13-18-9-11-20(25)12-10-18/h3-4,7-12,19H,5-6,13-17H2,1-2H3/t19-/m0/s1. The Bertz CT molecular complexity index is 869. The van der Waals surface area contributed by atoms with Crippen LogP contribution in [-0.2, 0) is 11.2 Å². The molecule has 1 saturated heterocycles. The number of carbonyl (C=O) groups is 2. The van der Waals surface area contributed by atoms with Crippen molar-refractivity contribution in [2.24, 2.45) is 5.92 Å². The number of amides is 1. The lowest BCUT2D eigenvalue weighted by atomic mass is 9.96. The Labute approximate surface area is 183 Å². The van der Waals surface area contributed by atoms with E-state index in [1.807, 2.05) is 19.2 Å². The molecule has 0 unspecified atom stereocenters. The van der Waals surface area contributed by atoms with E-state index in [4.69, 9.17) is 16.3 Å². The van der Waals surface area contributed by atoms with E-state index in [1.54, 1.807) is 29.2 Å². The summed E-state index contributed by atoms with van der Waals surface area (Å²) in [4.78, 5) is 29.2. The Kier molecular flexibility index (Phi) is 7.88. The zero-order valence-corrected chi connectivity index (χ0v) is 18.4. The van der Waals surface area contributed by atoms with Crippen LogP contribution in [0.3, 0.4) is 0 Å². The fourth-order valence-electron chi connectivity index (χ4n) is 4.08. The van der Waals surface area contributed by atoms with Crippen LogP contribution < -0.4 is 0 Å². The van der Waals surface area contributed by atoms with Gasteiger partial charge >= 0.3 is 5.97 Å². The highest BCUT2D eigenvalue weighted by atomic mass is 35.5.